The second-order valence-corrected chi connectivity index (χ2v) is 7.87. The first-order valence-electron chi connectivity index (χ1n) is 12.4. The number of ether oxygens (including phenoxy) is 1. The second kappa shape index (κ2) is 7.29. The van der Waals surface area contributed by atoms with Crippen molar-refractivity contribution in [2.45, 2.75) is 13.7 Å². The molecule has 0 saturated heterocycles. The summed E-state index contributed by atoms with van der Waals surface area (Å²) in [5, 5.41) is 1.54. The maximum Gasteiger partial charge on any atom is 0.137 e. The number of hydrogen-bond acceptors (Lipinski definition) is 2. The summed E-state index contributed by atoms with van der Waals surface area (Å²) < 4.78 is 56.3. The Morgan fingerprint density at radius 2 is 1.80 bits per heavy atom. The van der Waals surface area contributed by atoms with Crippen LogP contribution in [-0.4, -0.2) is 16.7 Å². The fourth-order valence-electron chi connectivity index (χ4n) is 3.84. The van der Waals surface area contributed by atoms with E-state index in [4.69, 9.17) is 13.0 Å². The predicted molar refractivity (Wildman–Crippen MR) is 128 cm³/mol. The van der Waals surface area contributed by atoms with Gasteiger partial charge in [-0.3, -0.25) is 4.57 Å². The normalized spacial score (nSPS) is 15.1. The van der Waals surface area contributed by atoms with Gasteiger partial charge in [-0.2, -0.15) is 0 Å². The Labute approximate surface area is 192 Å². The third kappa shape index (κ3) is 2.99. The van der Waals surface area contributed by atoms with Crippen molar-refractivity contribution in [3.05, 3.63) is 88.5 Å². The van der Waals surface area contributed by atoms with Gasteiger partial charge in [-0.25, -0.2) is 4.98 Å². The van der Waals surface area contributed by atoms with Crippen LogP contribution in [0.25, 0.3) is 38.8 Å². The lowest BCUT2D eigenvalue weighted by Gasteiger charge is -2.12. The molecule has 0 aliphatic rings. The van der Waals surface area contributed by atoms with Crippen LogP contribution in [0.2, 0.25) is 0 Å². The van der Waals surface area contributed by atoms with Crippen molar-refractivity contribution in [1.29, 1.82) is 0 Å². The summed E-state index contributed by atoms with van der Waals surface area (Å²) in [6.45, 7) is -4.65. The molecule has 0 bridgehead atoms. The first-order chi connectivity index (χ1) is 17.0. The smallest absolute Gasteiger partial charge is 0.137 e. The van der Waals surface area contributed by atoms with E-state index in [-0.39, 0.29) is 11.1 Å². The molecule has 4 heteroatoms. The van der Waals surface area contributed by atoms with Gasteiger partial charge in [-0.15, -0.1) is 0 Å². The summed E-state index contributed by atoms with van der Waals surface area (Å²) in [5.41, 5.74) is 3.07. The number of benzene rings is 3. The van der Waals surface area contributed by atoms with E-state index in [1.54, 1.807) is 37.6 Å². The minimum atomic E-state index is -2.40. The molecular formula is C26H21BrN2O. The second-order valence-electron chi connectivity index (χ2n) is 7.02. The molecule has 30 heavy (non-hydrogen) atoms. The van der Waals surface area contributed by atoms with Gasteiger partial charge in [0.1, 0.15) is 11.6 Å². The highest BCUT2D eigenvalue weighted by atomic mass is 79.9. The summed E-state index contributed by atoms with van der Waals surface area (Å²) in [5.74, 6) is 1.02. The van der Waals surface area contributed by atoms with Crippen LogP contribution in [0.15, 0.2) is 77.4 Å². The molecular weight excluding hydrogens is 436 g/mol. The lowest BCUT2D eigenvalue weighted by molar-refractivity contribution is 0.415. The van der Waals surface area contributed by atoms with Crippen molar-refractivity contribution in [1.82, 2.24) is 9.55 Å². The van der Waals surface area contributed by atoms with E-state index in [1.807, 2.05) is 47.0 Å². The average molecular weight is 463 g/mol. The van der Waals surface area contributed by atoms with Crippen LogP contribution in [0.1, 0.15) is 19.4 Å². The van der Waals surface area contributed by atoms with Crippen molar-refractivity contribution < 1.29 is 13.0 Å². The van der Waals surface area contributed by atoms with Gasteiger partial charge in [0.25, 0.3) is 0 Å². The number of pyridine rings is 1. The van der Waals surface area contributed by atoms with Crippen LogP contribution in [0.4, 0.5) is 0 Å². The van der Waals surface area contributed by atoms with Gasteiger partial charge in [0.05, 0.1) is 18.1 Å². The Kier molecular flexibility index (Phi) is 3.22. The Bertz CT molecular complexity index is 1620. The van der Waals surface area contributed by atoms with Crippen molar-refractivity contribution >= 4 is 37.7 Å². The fourth-order valence-corrected chi connectivity index (χ4v) is 4.33. The number of aryl methyl sites for hydroxylation is 2. The van der Waals surface area contributed by atoms with E-state index in [0.29, 0.717) is 22.6 Å². The summed E-state index contributed by atoms with van der Waals surface area (Å²) in [4.78, 5) is 4.68. The molecule has 3 nitrogen and oxygen atoms in total. The van der Waals surface area contributed by atoms with Gasteiger partial charge in [-0.1, -0.05) is 45.8 Å². The van der Waals surface area contributed by atoms with Gasteiger partial charge in [-0.05, 0) is 61.2 Å². The zero-order valence-electron chi connectivity index (χ0n) is 22.1. The molecule has 0 radical (unpaired) electrons. The molecule has 0 fully saturated rings. The topological polar surface area (TPSA) is 27.1 Å². The van der Waals surface area contributed by atoms with Crippen LogP contribution >= 0.6 is 15.9 Å². The standard InChI is InChI=1S/C26H21BrN2O/c1-16-8-11-24-21(12-16)20-10-9-18(30-3)14-25(20)29(24)26-13-17(2)22(15-28-26)19-6-4-5-7-23(19)27/h4-15H,1-3H3/i1D3,2D3. The van der Waals surface area contributed by atoms with Crippen LogP contribution in [0.3, 0.4) is 0 Å². The summed E-state index contributed by atoms with van der Waals surface area (Å²) >= 11 is 3.52. The highest BCUT2D eigenvalue weighted by Crippen LogP contribution is 2.36. The quantitative estimate of drug-likeness (QED) is 0.282. The van der Waals surface area contributed by atoms with E-state index < -0.39 is 13.7 Å². The number of aromatic nitrogens is 2. The monoisotopic (exact) mass is 462 g/mol. The van der Waals surface area contributed by atoms with Crippen molar-refractivity contribution in [2.24, 2.45) is 0 Å². The number of methoxy groups -OCH3 is 1. The first-order valence-corrected chi connectivity index (χ1v) is 10.2. The van der Waals surface area contributed by atoms with E-state index >= 15 is 0 Å². The van der Waals surface area contributed by atoms with Crippen LogP contribution in [-0.2, 0) is 0 Å². The zero-order chi connectivity index (χ0) is 25.8. The lowest BCUT2D eigenvalue weighted by Crippen LogP contribution is -1.99. The van der Waals surface area contributed by atoms with Crippen LogP contribution < -0.4 is 4.74 Å². The Balaban J connectivity index is 1.84. The van der Waals surface area contributed by atoms with E-state index in [2.05, 4.69) is 20.9 Å². The lowest BCUT2D eigenvalue weighted by atomic mass is 10.0. The van der Waals surface area contributed by atoms with E-state index in [1.165, 1.54) is 0 Å². The molecule has 2 heterocycles. The maximum atomic E-state index is 8.24. The van der Waals surface area contributed by atoms with E-state index in [0.717, 1.165) is 26.3 Å². The zero-order valence-corrected chi connectivity index (χ0v) is 17.7. The number of halogens is 1. The third-order valence-corrected chi connectivity index (χ3v) is 5.95. The highest BCUT2D eigenvalue weighted by molar-refractivity contribution is 9.10. The number of fused-ring (bicyclic) bond motifs is 3. The summed E-state index contributed by atoms with van der Waals surface area (Å²) in [7, 11) is 1.57. The molecule has 0 aliphatic heterocycles. The predicted octanol–water partition coefficient (Wildman–Crippen LogP) is 7.23. The van der Waals surface area contributed by atoms with Gasteiger partial charge < -0.3 is 4.74 Å². The molecule has 0 saturated carbocycles. The maximum absolute atomic E-state index is 8.24. The molecule has 2 aromatic heterocycles. The van der Waals surface area contributed by atoms with E-state index in [9.17, 15) is 0 Å². The molecule has 5 aromatic rings. The van der Waals surface area contributed by atoms with Crippen LogP contribution in [0.5, 0.6) is 5.75 Å². The van der Waals surface area contributed by atoms with Gasteiger partial charge in [0, 0.05) is 41.3 Å². The first kappa shape index (κ1) is 13.2. The fraction of sp³-hybridized carbons (Fsp3) is 0.115. The Morgan fingerprint density at radius 1 is 0.900 bits per heavy atom. The average Bonchev–Trinajstić information content (AvgIpc) is 3.16. The van der Waals surface area contributed by atoms with Crippen molar-refractivity contribution in [3.63, 3.8) is 0 Å². The van der Waals surface area contributed by atoms with Gasteiger partial charge in [0.2, 0.25) is 0 Å². The largest absolute Gasteiger partial charge is 0.497 e. The number of rotatable bonds is 3. The van der Waals surface area contributed by atoms with Gasteiger partial charge in [0.15, 0.2) is 0 Å². The summed E-state index contributed by atoms with van der Waals surface area (Å²) in [6, 6.07) is 19.5. The molecule has 0 amide bonds. The molecule has 5 rings (SSSR count). The number of nitrogens with zero attached hydrogens (tertiary/aromatic N) is 2. The Morgan fingerprint density at radius 3 is 2.60 bits per heavy atom. The molecule has 0 atom stereocenters. The molecule has 148 valence electrons. The van der Waals surface area contributed by atoms with Crippen molar-refractivity contribution in [2.75, 3.05) is 7.11 Å². The number of hydrogen-bond donors (Lipinski definition) is 0. The third-order valence-electron chi connectivity index (χ3n) is 5.26. The van der Waals surface area contributed by atoms with Gasteiger partial charge >= 0.3 is 0 Å². The minimum Gasteiger partial charge on any atom is -0.497 e. The minimum absolute atomic E-state index is 0.163. The molecule has 0 aliphatic carbocycles. The van der Waals surface area contributed by atoms with Crippen LogP contribution in [0, 0.1) is 13.7 Å². The highest BCUT2D eigenvalue weighted by Gasteiger charge is 2.15. The SMILES string of the molecule is [2H]C([2H])([2H])c1ccc2c(c1)c1ccc(OC)cc1n2-c1cc(C([2H])([2H])[2H])c(-c2ccccc2Br)cn1. The Hall–Kier alpha value is -3.11. The summed E-state index contributed by atoms with van der Waals surface area (Å²) in [6.07, 6.45) is 1.58. The molecule has 3 aromatic carbocycles. The van der Waals surface area contributed by atoms with Crippen molar-refractivity contribution in [3.8, 4) is 22.7 Å². The molecule has 0 spiro atoms. The molecule has 0 N–H and O–H groups in total. The molecule has 0 unspecified atom stereocenters.